The first kappa shape index (κ1) is 18.8. The number of hydrazone groups is 1. The van der Waals surface area contributed by atoms with Crippen molar-refractivity contribution in [3.05, 3.63) is 52.0 Å². The molecule has 132 valence electrons. The number of nitrogens with one attached hydrogen (secondary N) is 1. The fraction of sp³-hybridized carbons (Fsp3) is 0.222. The molecule has 0 bridgehead atoms. The van der Waals surface area contributed by atoms with Gasteiger partial charge in [-0.2, -0.15) is 5.10 Å². The Labute approximate surface area is 154 Å². The van der Waals surface area contributed by atoms with Gasteiger partial charge in [-0.1, -0.05) is 28.1 Å². The summed E-state index contributed by atoms with van der Waals surface area (Å²) in [5, 5.41) is 3.99. The number of nitrogens with zero attached hydrogens (tertiary/aromatic N) is 1. The molecule has 0 atom stereocenters. The summed E-state index contributed by atoms with van der Waals surface area (Å²) in [6.45, 7) is 0. The first-order valence-corrected chi connectivity index (χ1v) is 8.23. The lowest BCUT2D eigenvalue weighted by Gasteiger charge is -2.10. The largest absolute Gasteiger partial charge is 0.497 e. The molecule has 6 nitrogen and oxygen atoms in total. The predicted octanol–water partition coefficient (Wildman–Crippen LogP) is 3.17. The molecular formula is C18H19BrN2O4. The molecule has 2 aromatic rings. The van der Waals surface area contributed by atoms with Crippen molar-refractivity contribution in [1.82, 2.24) is 5.43 Å². The van der Waals surface area contributed by atoms with Crippen LogP contribution in [0.15, 0.2) is 46.0 Å². The van der Waals surface area contributed by atoms with E-state index in [1.807, 2.05) is 30.3 Å². The van der Waals surface area contributed by atoms with Gasteiger partial charge in [0.15, 0.2) is 11.5 Å². The van der Waals surface area contributed by atoms with Gasteiger partial charge in [0.1, 0.15) is 5.75 Å². The van der Waals surface area contributed by atoms with Crippen molar-refractivity contribution in [1.29, 1.82) is 0 Å². The fourth-order valence-corrected chi connectivity index (χ4v) is 2.65. The minimum absolute atomic E-state index is 0.220. The summed E-state index contributed by atoms with van der Waals surface area (Å²) in [6, 6.07) is 10.9. The van der Waals surface area contributed by atoms with Gasteiger partial charge in [-0.3, -0.25) is 4.79 Å². The molecule has 0 radical (unpaired) electrons. The highest BCUT2D eigenvalue weighted by atomic mass is 79.9. The molecule has 0 unspecified atom stereocenters. The number of hydrogen-bond donors (Lipinski definition) is 1. The summed E-state index contributed by atoms with van der Waals surface area (Å²) in [5.41, 5.74) is 4.05. The van der Waals surface area contributed by atoms with Gasteiger partial charge in [-0.05, 0) is 29.8 Å². The first-order chi connectivity index (χ1) is 12.1. The van der Waals surface area contributed by atoms with Gasteiger partial charge in [-0.15, -0.1) is 0 Å². The normalized spacial score (nSPS) is 10.6. The highest BCUT2D eigenvalue weighted by molar-refractivity contribution is 9.10. The molecule has 2 rings (SSSR count). The lowest BCUT2D eigenvalue weighted by atomic mass is 10.1. The summed E-state index contributed by atoms with van der Waals surface area (Å²) in [4.78, 5) is 12.0. The molecule has 0 spiro atoms. The second-order valence-electron chi connectivity index (χ2n) is 5.05. The number of carbonyl (C=O) groups excluding carboxylic acids is 1. The maximum Gasteiger partial charge on any atom is 0.244 e. The van der Waals surface area contributed by atoms with Crippen LogP contribution in [0.1, 0.15) is 11.1 Å². The van der Waals surface area contributed by atoms with E-state index in [1.54, 1.807) is 27.4 Å². The summed E-state index contributed by atoms with van der Waals surface area (Å²) in [5.74, 6) is 1.64. The minimum Gasteiger partial charge on any atom is -0.497 e. The van der Waals surface area contributed by atoms with Crippen LogP contribution in [0.4, 0.5) is 0 Å². The Morgan fingerprint density at radius 1 is 1.12 bits per heavy atom. The van der Waals surface area contributed by atoms with Crippen LogP contribution in [-0.4, -0.2) is 33.5 Å². The number of rotatable bonds is 7. The van der Waals surface area contributed by atoms with Crippen LogP contribution in [0, 0.1) is 0 Å². The average molecular weight is 407 g/mol. The van der Waals surface area contributed by atoms with Crippen molar-refractivity contribution in [2.75, 3.05) is 21.3 Å². The van der Waals surface area contributed by atoms with E-state index in [-0.39, 0.29) is 12.3 Å². The van der Waals surface area contributed by atoms with Crippen LogP contribution in [0.3, 0.4) is 0 Å². The molecule has 2 aromatic carbocycles. The van der Waals surface area contributed by atoms with Crippen molar-refractivity contribution >= 4 is 28.1 Å². The third-order valence-electron chi connectivity index (χ3n) is 3.39. The molecular weight excluding hydrogens is 388 g/mol. The van der Waals surface area contributed by atoms with E-state index in [1.165, 1.54) is 6.21 Å². The van der Waals surface area contributed by atoms with Crippen molar-refractivity contribution in [3.63, 3.8) is 0 Å². The molecule has 0 saturated heterocycles. The van der Waals surface area contributed by atoms with E-state index < -0.39 is 0 Å². The summed E-state index contributed by atoms with van der Waals surface area (Å²) >= 11 is 3.40. The monoisotopic (exact) mass is 406 g/mol. The van der Waals surface area contributed by atoms with Crippen molar-refractivity contribution in [2.24, 2.45) is 5.10 Å². The Hall–Kier alpha value is -2.54. The fourth-order valence-electron chi connectivity index (χ4n) is 2.20. The second kappa shape index (κ2) is 9.08. The average Bonchev–Trinajstić information content (AvgIpc) is 2.61. The van der Waals surface area contributed by atoms with Crippen LogP contribution in [-0.2, 0) is 11.2 Å². The predicted molar refractivity (Wildman–Crippen MR) is 99.7 cm³/mol. The maximum absolute atomic E-state index is 12.0. The molecule has 0 aliphatic heterocycles. The number of hydrogen-bond acceptors (Lipinski definition) is 5. The lowest BCUT2D eigenvalue weighted by Crippen LogP contribution is -2.19. The zero-order chi connectivity index (χ0) is 18.2. The molecule has 1 amide bonds. The van der Waals surface area contributed by atoms with E-state index in [4.69, 9.17) is 14.2 Å². The van der Waals surface area contributed by atoms with E-state index in [0.717, 1.165) is 15.8 Å². The summed E-state index contributed by atoms with van der Waals surface area (Å²) < 4.78 is 16.5. The maximum atomic E-state index is 12.0. The Balaban J connectivity index is 2.02. The number of amides is 1. The smallest absolute Gasteiger partial charge is 0.244 e. The topological polar surface area (TPSA) is 69.2 Å². The van der Waals surface area contributed by atoms with Gasteiger partial charge in [0.05, 0.1) is 34.0 Å². The van der Waals surface area contributed by atoms with Crippen LogP contribution in [0.25, 0.3) is 0 Å². The number of methoxy groups -OCH3 is 3. The van der Waals surface area contributed by atoms with Gasteiger partial charge in [0.25, 0.3) is 0 Å². The first-order valence-electron chi connectivity index (χ1n) is 7.43. The quantitative estimate of drug-likeness (QED) is 0.566. The SMILES string of the molecule is COc1ccc(CC(=O)N/N=C\c2cc(Br)cc(OC)c2OC)cc1. The van der Waals surface area contributed by atoms with E-state index in [0.29, 0.717) is 17.1 Å². The van der Waals surface area contributed by atoms with E-state index in [2.05, 4.69) is 26.5 Å². The van der Waals surface area contributed by atoms with Crippen molar-refractivity contribution in [3.8, 4) is 17.2 Å². The van der Waals surface area contributed by atoms with E-state index >= 15 is 0 Å². The third kappa shape index (κ3) is 5.22. The number of halogens is 1. The standard InChI is InChI=1S/C18H19BrN2O4/c1-23-15-6-4-12(5-7-15)8-17(22)21-20-11-13-9-14(19)10-16(24-2)18(13)25-3/h4-7,9-11H,8H2,1-3H3,(H,21,22)/b20-11-. The highest BCUT2D eigenvalue weighted by Crippen LogP contribution is 2.33. The van der Waals surface area contributed by atoms with Gasteiger partial charge in [0, 0.05) is 10.0 Å². The molecule has 0 aliphatic carbocycles. The molecule has 0 saturated carbocycles. The van der Waals surface area contributed by atoms with Crippen LogP contribution in [0.2, 0.25) is 0 Å². The molecule has 25 heavy (non-hydrogen) atoms. The van der Waals surface area contributed by atoms with Crippen molar-refractivity contribution < 1.29 is 19.0 Å². The van der Waals surface area contributed by atoms with Crippen LogP contribution in [0.5, 0.6) is 17.2 Å². The van der Waals surface area contributed by atoms with Gasteiger partial charge >= 0.3 is 0 Å². The molecule has 0 aromatic heterocycles. The zero-order valence-corrected chi connectivity index (χ0v) is 15.8. The minimum atomic E-state index is -0.220. The summed E-state index contributed by atoms with van der Waals surface area (Å²) in [6.07, 6.45) is 1.73. The van der Waals surface area contributed by atoms with Crippen LogP contribution >= 0.6 is 15.9 Å². The lowest BCUT2D eigenvalue weighted by molar-refractivity contribution is -0.120. The Kier molecular flexibility index (Phi) is 6.82. The molecule has 0 aliphatic rings. The number of carbonyl (C=O) groups is 1. The Morgan fingerprint density at radius 2 is 1.84 bits per heavy atom. The zero-order valence-electron chi connectivity index (χ0n) is 14.2. The molecule has 7 heteroatoms. The molecule has 1 N–H and O–H groups in total. The van der Waals surface area contributed by atoms with Crippen LogP contribution < -0.4 is 19.6 Å². The Bertz CT molecular complexity index is 760. The van der Waals surface area contributed by atoms with Gasteiger partial charge < -0.3 is 14.2 Å². The number of benzene rings is 2. The summed E-state index contributed by atoms with van der Waals surface area (Å²) in [7, 11) is 4.70. The van der Waals surface area contributed by atoms with E-state index in [9.17, 15) is 4.79 Å². The Morgan fingerprint density at radius 3 is 2.44 bits per heavy atom. The highest BCUT2D eigenvalue weighted by Gasteiger charge is 2.10. The van der Waals surface area contributed by atoms with Crippen molar-refractivity contribution in [2.45, 2.75) is 6.42 Å². The number of ether oxygens (including phenoxy) is 3. The second-order valence-corrected chi connectivity index (χ2v) is 5.96. The van der Waals surface area contributed by atoms with Gasteiger partial charge in [0.2, 0.25) is 5.91 Å². The molecule has 0 heterocycles. The third-order valence-corrected chi connectivity index (χ3v) is 3.85. The molecule has 0 fully saturated rings. The van der Waals surface area contributed by atoms with Gasteiger partial charge in [-0.25, -0.2) is 5.43 Å².